The van der Waals surface area contributed by atoms with E-state index in [-0.39, 0.29) is 17.5 Å². The summed E-state index contributed by atoms with van der Waals surface area (Å²) >= 11 is 0. The van der Waals surface area contributed by atoms with Gasteiger partial charge in [-0.15, -0.1) is 0 Å². The summed E-state index contributed by atoms with van der Waals surface area (Å²) in [7, 11) is -6.44. The summed E-state index contributed by atoms with van der Waals surface area (Å²) in [5, 5.41) is 0. The molecule has 0 unspecified atom stereocenters. The molecule has 0 aliphatic carbocycles. The fourth-order valence-electron chi connectivity index (χ4n) is 4.08. The Morgan fingerprint density at radius 3 is 2.04 bits per heavy atom. The van der Waals surface area contributed by atoms with Crippen molar-refractivity contribution in [2.75, 3.05) is 37.7 Å². The summed E-state index contributed by atoms with van der Waals surface area (Å²) in [6, 6.07) is 3.84. The zero-order valence-electron chi connectivity index (χ0n) is 15.0. The van der Waals surface area contributed by atoms with Gasteiger partial charge in [0.05, 0.1) is 16.4 Å². The van der Waals surface area contributed by atoms with E-state index in [9.17, 15) is 16.8 Å². The molecule has 0 radical (unpaired) electrons. The second-order valence-corrected chi connectivity index (χ2v) is 11.3. The van der Waals surface area contributed by atoms with Gasteiger partial charge in [0.15, 0.2) is 9.84 Å². The maximum atomic E-state index is 13.1. The van der Waals surface area contributed by atoms with Crippen molar-refractivity contribution in [3.05, 3.63) is 28.8 Å². The van der Waals surface area contributed by atoms with E-state index in [1.807, 2.05) is 32.9 Å². The molecular weight excluding hydrogens is 360 g/mol. The van der Waals surface area contributed by atoms with Crippen molar-refractivity contribution in [1.29, 1.82) is 0 Å². The van der Waals surface area contributed by atoms with Crippen molar-refractivity contribution >= 4 is 19.9 Å². The van der Waals surface area contributed by atoms with Crippen LogP contribution in [0.3, 0.4) is 0 Å². The molecule has 0 spiro atoms. The lowest BCUT2D eigenvalue weighted by Crippen LogP contribution is -2.52. The molecule has 3 rings (SSSR count). The van der Waals surface area contributed by atoms with Gasteiger partial charge in [0.1, 0.15) is 0 Å². The van der Waals surface area contributed by atoms with Crippen molar-refractivity contribution in [2.24, 2.45) is 0 Å². The minimum absolute atomic E-state index is 0.0395. The van der Waals surface area contributed by atoms with Crippen LogP contribution >= 0.6 is 0 Å². The second-order valence-electron chi connectivity index (χ2n) is 7.22. The SMILES string of the molecule is Cc1cc(C)c(S(=O)(=O)N2CCN([C@H]3CCS(=O)(=O)C3)CC2)c(C)c1. The summed E-state index contributed by atoms with van der Waals surface area (Å²) in [4.78, 5) is 2.54. The van der Waals surface area contributed by atoms with E-state index in [4.69, 9.17) is 0 Å². The Balaban J connectivity index is 1.74. The lowest BCUT2D eigenvalue weighted by atomic mass is 10.1. The molecule has 2 aliphatic heterocycles. The predicted molar refractivity (Wildman–Crippen MR) is 98.0 cm³/mol. The summed E-state index contributed by atoms with van der Waals surface area (Å²) in [5.41, 5.74) is 2.62. The van der Waals surface area contributed by atoms with Crippen LogP contribution < -0.4 is 0 Å². The largest absolute Gasteiger partial charge is 0.297 e. The molecule has 0 N–H and O–H groups in total. The fourth-order valence-corrected chi connectivity index (χ4v) is 7.67. The Morgan fingerprint density at radius 1 is 1.00 bits per heavy atom. The Hall–Kier alpha value is -0.960. The highest BCUT2D eigenvalue weighted by atomic mass is 32.2. The minimum atomic E-state index is -3.52. The molecule has 140 valence electrons. The molecule has 1 aromatic carbocycles. The standard InChI is InChI=1S/C17H26N2O4S2/c1-13-10-14(2)17(15(3)11-13)25(22,23)19-7-5-18(6-8-19)16-4-9-24(20,21)12-16/h10-11,16H,4-9,12H2,1-3H3/t16-/m0/s1. The van der Waals surface area contributed by atoms with Gasteiger partial charge in [-0.3, -0.25) is 4.90 Å². The number of hydrogen-bond acceptors (Lipinski definition) is 5. The van der Waals surface area contributed by atoms with E-state index in [1.165, 1.54) is 4.31 Å². The Bertz CT molecular complexity index is 847. The molecule has 1 atom stereocenters. The molecule has 6 nitrogen and oxygen atoms in total. The number of hydrogen-bond donors (Lipinski definition) is 0. The summed E-state index contributed by atoms with van der Waals surface area (Å²) < 4.78 is 51.0. The Morgan fingerprint density at radius 2 is 1.56 bits per heavy atom. The first-order valence-corrected chi connectivity index (χ1v) is 11.9. The highest BCUT2D eigenvalue weighted by Gasteiger charge is 2.36. The van der Waals surface area contributed by atoms with E-state index < -0.39 is 19.9 Å². The van der Waals surface area contributed by atoms with Crippen LogP contribution in [0.4, 0.5) is 0 Å². The number of benzene rings is 1. The monoisotopic (exact) mass is 386 g/mol. The molecule has 2 saturated heterocycles. The van der Waals surface area contributed by atoms with Crippen LogP contribution in [-0.2, 0) is 19.9 Å². The van der Waals surface area contributed by atoms with Crippen molar-refractivity contribution in [3.8, 4) is 0 Å². The lowest BCUT2D eigenvalue weighted by Gasteiger charge is -2.37. The maximum Gasteiger partial charge on any atom is 0.243 e. The van der Waals surface area contributed by atoms with Crippen LogP contribution in [0, 0.1) is 20.8 Å². The van der Waals surface area contributed by atoms with Crippen molar-refractivity contribution < 1.29 is 16.8 Å². The van der Waals surface area contributed by atoms with Gasteiger partial charge in [-0.05, 0) is 38.3 Å². The Kier molecular flexibility index (Phi) is 5.00. The molecule has 1 aromatic rings. The average molecular weight is 387 g/mol. The highest BCUT2D eigenvalue weighted by molar-refractivity contribution is 7.91. The minimum Gasteiger partial charge on any atom is -0.297 e. The topological polar surface area (TPSA) is 74.8 Å². The van der Waals surface area contributed by atoms with Gasteiger partial charge in [-0.1, -0.05) is 17.7 Å². The first-order chi connectivity index (χ1) is 11.6. The van der Waals surface area contributed by atoms with E-state index >= 15 is 0 Å². The smallest absolute Gasteiger partial charge is 0.243 e. The van der Waals surface area contributed by atoms with Crippen molar-refractivity contribution in [3.63, 3.8) is 0 Å². The van der Waals surface area contributed by atoms with Crippen LogP contribution in [-0.4, -0.2) is 69.8 Å². The number of aryl methyl sites for hydroxylation is 3. The van der Waals surface area contributed by atoms with Gasteiger partial charge in [0, 0.05) is 32.2 Å². The first kappa shape index (κ1) is 18.8. The average Bonchev–Trinajstić information content (AvgIpc) is 2.86. The molecule has 2 aliphatic rings. The number of sulfone groups is 1. The summed E-state index contributed by atoms with van der Waals surface area (Å²) in [6.07, 6.45) is 0.658. The normalized spacial score (nSPS) is 25.3. The summed E-state index contributed by atoms with van der Waals surface area (Å²) in [6.45, 7) is 7.63. The third kappa shape index (κ3) is 3.77. The summed E-state index contributed by atoms with van der Waals surface area (Å²) in [5.74, 6) is 0.452. The van der Waals surface area contributed by atoms with Crippen LogP contribution in [0.15, 0.2) is 17.0 Å². The molecule has 2 fully saturated rings. The highest BCUT2D eigenvalue weighted by Crippen LogP contribution is 2.27. The van der Waals surface area contributed by atoms with Gasteiger partial charge in [0.25, 0.3) is 0 Å². The third-order valence-corrected chi connectivity index (χ3v) is 9.16. The predicted octanol–water partition coefficient (Wildman–Crippen LogP) is 1.11. The van der Waals surface area contributed by atoms with Gasteiger partial charge >= 0.3 is 0 Å². The molecule has 0 amide bonds. The van der Waals surface area contributed by atoms with E-state index in [0.717, 1.165) is 16.7 Å². The number of piperazine rings is 1. The van der Waals surface area contributed by atoms with Crippen LogP contribution in [0.5, 0.6) is 0 Å². The van der Waals surface area contributed by atoms with Crippen molar-refractivity contribution in [1.82, 2.24) is 9.21 Å². The molecule has 0 saturated carbocycles. The van der Waals surface area contributed by atoms with Gasteiger partial charge in [-0.2, -0.15) is 4.31 Å². The number of rotatable bonds is 3. The van der Waals surface area contributed by atoms with Crippen LogP contribution in [0.25, 0.3) is 0 Å². The maximum absolute atomic E-state index is 13.1. The van der Waals surface area contributed by atoms with E-state index in [2.05, 4.69) is 4.90 Å². The van der Waals surface area contributed by atoms with Crippen molar-refractivity contribution in [2.45, 2.75) is 38.1 Å². The fraction of sp³-hybridized carbons (Fsp3) is 0.647. The molecule has 2 heterocycles. The molecule has 0 aromatic heterocycles. The second kappa shape index (κ2) is 6.64. The van der Waals surface area contributed by atoms with Gasteiger partial charge in [-0.25, -0.2) is 16.8 Å². The van der Waals surface area contributed by atoms with Gasteiger partial charge in [0.2, 0.25) is 10.0 Å². The van der Waals surface area contributed by atoms with E-state index in [0.29, 0.717) is 37.5 Å². The molecule has 8 heteroatoms. The van der Waals surface area contributed by atoms with Crippen LogP contribution in [0.1, 0.15) is 23.1 Å². The molecule has 25 heavy (non-hydrogen) atoms. The quantitative estimate of drug-likeness (QED) is 0.778. The zero-order valence-corrected chi connectivity index (χ0v) is 16.7. The van der Waals surface area contributed by atoms with Gasteiger partial charge < -0.3 is 0 Å². The molecule has 0 bridgehead atoms. The lowest BCUT2D eigenvalue weighted by molar-refractivity contribution is 0.148. The molecular formula is C17H26N2O4S2. The first-order valence-electron chi connectivity index (χ1n) is 8.63. The number of sulfonamides is 1. The van der Waals surface area contributed by atoms with E-state index in [1.54, 1.807) is 0 Å². The van der Waals surface area contributed by atoms with Crippen LogP contribution in [0.2, 0.25) is 0 Å². The third-order valence-electron chi connectivity index (χ3n) is 5.20. The number of nitrogens with zero attached hydrogens (tertiary/aromatic N) is 2. The Labute approximate surface area is 150 Å². The zero-order chi connectivity index (χ0) is 18.4.